The molecular weight excluding hydrogens is 197 g/mol. The van der Waals surface area contributed by atoms with Crippen LogP contribution in [0.15, 0.2) is 24.3 Å². The molecule has 0 heterocycles. The molecule has 0 bridgehead atoms. The molecule has 2 N–H and O–H groups in total. The Bertz CT molecular complexity index is 341. The number of carboxylic acid groups (broad SMARTS) is 1. The second-order valence-corrected chi connectivity index (χ2v) is 3.42. The standard InChI is InChI=1S/C11H14FNO2/c1-13-10(7-11(14)15)6-8-3-2-4-9(12)5-8/h2-5,10,13H,6-7H2,1H3,(H,14,15). The highest BCUT2D eigenvalue weighted by Crippen LogP contribution is 2.08. The van der Waals surface area contributed by atoms with Gasteiger partial charge in [0.1, 0.15) is 5.82 Å². The van der Waals surface area contributed by atoms with Crippen molar-refractivity contribution in [2.24, 2.45) is 0 Å². The Morgan fingerprint density at radius 3 is 2.87 bits per heavy atom. The highest BCUT2D eigenvalue weighted by molar-refractivity contribution is 5.67. The summed E-state index contributed by atoms with van der Waals surface area (Å²) in [6.07, 6.45) is 0.549. The molecule has 0 aliphatic heterocycles. The lowest BCUT2D eigenvalue weighted by molar-refractivity contribution is -0.137. The van der Waals surface area contributed by atoms with Crippen molar-refractivity contribution < 1.29 is 14.3 Å². The van der Waals surface area contributed by atoms with Gasteiger partial charge in [-0.3, -0.25) is 4.79 Å². The molecule has 0 saturated carbocycles. The maximum absolute atomic E-state index is 12.8. The Hall–Kier alpha value is -1.42. The average molecular weight is 211 g/mol. The minimum absolute atomic E-state index is 0.0347. The molecule has 15 heavy (non-hydrogen) atoms. The first kappa shape index (κ1) is 11.7. The van der Waals surface area contributed by atoms with Gasteiger partial charge in [0, 0.05) is 6.04 Å². The van der Waals surface area contributed by atoms with Gasteiger partial charge in [-0.1, -0.05) is 12.1 Å². The van der Waals surface area contributed by atoms with E-state index in [2.05, 4.69) is 5.32 Å². The van der Waals surface area contributed by atoms with E-state index in [1.807, 2.05) is 0 Å². The maximum Gasteiger partial charge on any atom is 0.304 e. The van der Waals surface area contributed by atoms with Crippen LogP contribution in [0.1, 0.15) is 12.0 Å². The molecule has 1 aromatic rings. The topological polar surface area (TPSA) is 49.3 Å². The van der Waals surface area contributed by atoms with Crippen molar-refractivity contribution in [3.63, 3.8) is 0 Å². The number of hydrogen-bond acceptors (Lipinski definition) is 2. The zero-order valence-electron chi connectivity index (χ0n) is 8.53. The normalized spacial score (nSPS) is 12.4. The molecule has 0 fully saturated rings. The number of halogens is 1. The Morgan fingerprint density at radius 1 is 1.60 bits per heavy atom. The third-order valence-electron chi connectivity index (χ3n) is 2.20. The van der Waals surface area contributed by atoms with Gasteiger partial charge in [0.05, 0.1) is 6.42 Å². The highest BCUT2D eigenvalue weighted by Gasteiger charge is 2.11. The van der Waals surface area contributed by atoms with Gasteiger partial charge in [-0.2, -0.15) is 0 Å². The second kappa shape index (κ2) is 5.46. The average Bonchev–Trinajstić information content (AvgIpc) is 2.16. The van der Waals surface area contributed by atoms with Gasteiger partial charge >= 0.3 is 5.97 Å². The lowest BCUT2D eigenvalue weighted by Crippen LogP contribution is -2.30. The van der Waals surface area contributed by atoms with E-state index in [0.29, 0.717) is 6.42 Å². The molecule has 1 rings (SSSR count). The fourth-order valence-electron chi connectivity index (χ4n) is 1.44. The molecule has 0 aliphatic carbocycles. The van der Waals surface area contributed by atoms with E-state index < -0.39 is 5.97 Å². The van der Waals surface area contributed by atoms with Crippen molar-refractivity contribution in [2.45, 2.75) is 18.9 Å². The molecular formula is C11H14FNO2. The van der Waals surface area contributed by atoms with E-state index >= 15 is 0 Å². The van der Waals surface area contributed by atoms with Gasteiger partial charge < -0.3 is 10.4 Å². The molecule has 0 saturated heterocycles. The quantitative estimate of drug-likeness (QED) is 0.774. The molecule has 0 radical (unpaired) electrons. The summed E-state index contributed by atoms with van der Waals surface area (Å²) in [5.74, 6) is -1.15. The number of hydrogen-bond donors (Lipinski definition) is 2. The minimum atomic E-state index is -0.856. The van der Waals surface area contributed by atoms with Gasteiger partial charge in [0.15, 0.2) is 0 Å². The van der Waals surface area contributed by atoms with Crippen molar-refractivity contribution in [1.82, 2.24) is 5.32 Å². The van der Waals surface area contributed by atoms with Gasteiger partial charge in [-0.05, 0) is 31.2 Å². The van der Waals surface area contributed by atoms with Gasteiger partial charge in [-0.25, -0.2) is 4.39 Å². The second-order valence-electron chi connectivity index (χ2n) is 3.42. The molecule has 0 spiro atoms. The fourth-order valence-corrected chi connectivity index (χ4v) is 1.44. The molecule has 0 aromatic heterocycles. The summed E-state index contributed by atoms with van der Waals surface area (Å²) >= 11 is 0. The number of benzene rings is 1. The molecule has 0 aliphatic rings. The van der Waals surface area contributed by atoms with Crippen LogP contribution in [0.5, 0.6) is 0 Å². The summed E-state index contributed by atoms with van der Waals surface area (Å²) in [6, 6.07) is 6.04. The molecule has 3 nitrogen and oxygen atoms in total. The number of carboxylic acids is 1. The van der Waals surface area contributed by atoms with Crippen molar-refractivity contribution in [3.05, 3.63) is 35.6 Å². The van der Waals surface area contributed by atoms with Gasteiger partial charge in [-0.15, -0.1) is 0 Å². The first-order chi connectivity index (χ1) is 7.11. The lowest BCUT2D eigenvalue weighted by Gasteiger charge is -2.13. The van der Waals surface area contributed by atoms with E-state index in [9.17, 15) is 9.18 Å². The van der Waals surface area contributed by atoms with Crippen LogP contribution in [0.2, 0.25) is 0 Å². The fraction of sp³-hybridized carbons (Fsp3) is 0.364. The lowest BCUT2D eigenvalue weighted by atomic mass is 10.0. The van der Waals surface area contributed by atoms with Crippen LogP contribution in [-0.4, -0.2) is 24.2 Å². The van der Waals surface area contributed by atoms with E-state index in [0.717, 1.165) is 5.56 Å². The van der Waals surface area contributed by atoms with Crippen molar-refractivity contribution in [2.75, 3.05) is 7.05 Å². The number of rotatable bonds is 5. The first-order valence-corrected chi connectivity index (χ1v) is 4.75. The summed E-state index contributed by atoms with van der Waals surface area (Å²) in [4.78, 5) is 10.5. The molecule has 1 aromatic carbocycles. The van der Waals surface area contributed by atoms with Crippen LogP contribution >= 0.6 is 0 Å². The monoisotopic (exact) mass is 211 g/mol. The van der Waals surface area contributed by atoms with E-state index in [4.69, 9.17) is 5.11 Å². The third kappa shape index (κ3) is 4.08. The maximum atomic E-state index is 12.8. The molecule has 1 atom stereocenters. The van der Waals surface area contributed by atoms with Crippen molar-refractivity contribution in [1.29, 1.82) is 0 Å². The summed E-state index contributed by atoms with van der Waals surface area (Å²) in [5.41, 5.74) is 0.801. The van der Waals surface area contributed by atoms with Crippen molar-refractivity contribution in [3.8, 4) is 0 Å². The smallest absolute Gasteiger partial charge is 0.304 e. The Morgan fingerprint density at radius 2 is 2.33 bits per heavy atom. The molecule has 1 unspecified atom stereocenters. The van der Waals surface area contributed by atoms with Crippen LogP contribution in [0.3, 0.4) is 0 Å². The van der Waals surface area contributed by atoms with Crippen LogP contribution in [0.25, 0.3) is 0 Å². The zero-order chi connectivity index (χ0) is 11.3. The number of likely N-dealkylation sites (N-methyl/N-ethyl adjacent to an activating group) is 1. The van der Waals surface area contributed by atoms with Gasteiger partial charge in [0.2, 0.25) is 0 Å². The summed E-state index contributed by atoms with van der Waals surface area (Å²) in [5, 5.41) is 11.5. The predicted octanol–water partition coefficient (Wildman–Crippen LogP) is 1.43. The van der Waals surface area contributed by atoms with E-state index in [1.165, 1.54) is 12.1 Å². The summed E-state index contributed by atoms with van der Waals surface area (Å²) in [6.45, 7) is 0. The first-order valence-electron chi connectivity index (χ1n) is 4.75. The van der Waals surface area contributed by atoms with Crippen LogP contribution in [-0.2, 0) is 11.2 Å². The van der Waals surface area contributed by atoms with Gasteiger partial charge in [0.25, 0.3) is 0 Å². The number of carbonyl (C=O) groups is 1. The zero-order valence-corrected chi connectivity index (χ0v) is 8.53. The van der Waals surface area contributed by atoms with E-state index in [1.54, 1.807) is 19.2 Å². The van der Waals surface area contributed by atoms with Crippen LogP contribution in [0, 0.1) is 5.82 Å². The Labute approximate surface area is 87.9 Å². The molecule has 4 heteroatoms. The largest absolute Gasteiger partial charge is 0.481 e. The van der Waals surface area contributed by atoms with E-state index in [-0.39, 0.29) is 18.3 Å². The van der Waals surface area contributed by atoms with Crippen LogP contribution in [0.4, 0.5) is 4.39 Å². The Balaban J connectivity index is 2.62. The predicted molar refractivity (Wildman–Crippen MR) is 55.2 cm³/mol. The minimum Gasteiger partial charge on any atom is -0.481 e. The summed E-state index contributed by atoms with van der Waals surface area (Å²) in [7, 11) is 1.70. The Kier molecular flexibility index (Phi) is 4.24. The summed E-state index contributed by atoms with van der Waals surface area (Å²) < 4.78 is 12.8. The highest BCUT2D eigenvalue weighted by atomic mass is 19.1. The van der Waals surface area contributed by atoms with Crippen molar-refractivity contribution >= 4 is 5.97 Å². The SMILES string of the molecule is CNC(CC(=O)O)Cc1cccc(F)c1. The number of aliphatic carboxylic acids is 1. The number of nitrogens with one attached hydrogen (secondary N) is 1. The third-order valence-corrected chi connectivity index (χ3v) is 2.20. The van der Waals surface area contributed by atoms with Crippen LogP contribution < -0.4 is 5.32 Å². The molecule has 82 valence electrons. The molecule has 0 amide bonds.